The SMILES string of the molecule is Cc1nccc(CNC(=O)C[C@@H]2CCC[C@H]2N)n1.Cl. The first-order chi connectivity index (χ1) is 8.65. The number of halogens is 1. The molecule has 0 radical (unpaired) electrons. The summed E-state index contributed by atoms with van der Waals surface area (Å²) >= 11 is 0. The van der Waals surface area contributed by atoms with E-state index in [9.17, 15) is 4.79 Å². The maximum Gasteiger partial charge on any atom is 0.220 e. The number of rotatable bonds is 4. The topological polar surface area (TPSA) is 80.9 Å². The van der Waals surface area contributed by atoms with Crippen LogP contribution >= 0.6 is 12.4 Å². The van der Waals surface area contributed by atoms with Gasteiger partial charge in [-0.2, -0.15) is 0 Å². The number of hydrogen-bond donors (Lipinski definition) is 2. The molecule has 0 unspecified atom stereocenters. The molecule has 1 aliphatic rings. The minimum atomic E-state index is 0. The number of aromatic nitrogens is 2. The Balaban J connectivity index is 0.00000180. The van der Waals surface area contributed by atoms with Crippen LogP contribution in [0.2, 0.25) is 0 Å². The highest BCUT2D eigenvalue weighted by molar-refractivity contribution is 5.85. The van der Waals surface area contributed by atoms with Gasteiger partial charge in [0.2, 0.25) is 5.91 Å². The Morgan fingerprint density at radius 3 is 2.95 bits per heavy atom. The van der Waals surface area contributed by atoms with E-state index in [1.165, 1.54) is 0 Å². The van der Waals surface area contributed by atoms with Crippen LogP contribution in [0.3, 0.4) is 0 Å². The molecule has 0 saturated heterocycles. The van der Waals surface area contributed by atoms with E-state index in [2.05, 4.69) is 15.3 Å². The first-order valence-corrected chi connectivity index (χ1v) is 6.46. The summed E-state index contributed by atoms with van der Waals surface area (Å²) < 4.78 is 0. The molecule has 0 bridgehead atoms. The average molecular weight is 285 g/mol. The Morgan fingerprint density at radius 2 is 2.32 bits per heavy atom. The second-order valence-corrected chi connectivity index (χ2v) is 4.93. The number of nitrogens with two attached hydrogens (primary N) is 1. The van der Waals surface area contributed by atoms with Gasteiger partial charge >= 0.3 is 0 Å². The van der Waals surface area contributed by atoms with Gasteiger partial charge in [-0.05, 0) is 31.7 Å². The van der Waals surface area contributed by atoms with Crippen LogP contribution in [0.25, 0.3) is 0 Å². The third-order valence-corrected chi connectivity index (χ3v) is 3.47. The summed E-state index contributed by atoms with van der Waals surface area (Å²) in [6.45, 7) is 2.30. The molecule has 106 valence electrons. The Hall–Kier alpha value is -1.20. The maximum atomic E-state index is 11.8. The maximum absolute atomic E-state index is 11.8. The van der Waals surface area contributed by atoms with E-state index in [1.54, 1.807) is 6.20 Å². The van der Waals surface area contributed by atoms with Crippen LogP contribution in [-0.2, 0) is 11.3 Å². The molecule has 1 fully saturated rings. The van der Waals surface area contributed by atoms with Crippen molar-refractivity contribution in [2.75, 3.05) is 0 Å². The molecule has 6 heteroatoms. The van der Waals surface area contributed by atoms with Gasteiger partial charge < -0.3 is 11.1 Å². The number of carbonyl (C=O) groups is 1. The second kappa shape index (κ2) is 7.40. The van der Waals surface area contributed by atoms with Crippen molar-refractivity contribution in [3.05, 3.63) is 23.8 Å². The standard InChI is InChI=1S/C13H20N4O.ClH/c1-9-15-6-5-11(17-9)8-16-13(18)7-10-3-2-4-12(10)14;/h5-6,10,12H,2-4,7-8,14H2,1H3,(H,16,18);1H/t10-,12+;/m0./s1. The van der Waals surface area contributed by atoms with Crippen LogP contribution in [0.1, 0.15) is 37.2 Å². The summed E-state index contributed by atoms with van der Waals surface area (Å²) in [5.41, 5.74) is 6.79. The molecule has 1 saturated carbocycles. The van der Waals surface area contributed by atoms with Gasteiger partial charge in [-0.3, -0.25) is 4.79 Å². The lowest BCUT2D eigenvalue weighted by atomic mass is 10.00. The first kappa shape index (κ1) is 15.9. The molecule has 1 amide bonds. The fourth-order valence-electron chi connectivity index (χ4n) is 2.42. The Kier molecular flexibility index (Phi) is 6.18. The number of hydrogen-bond acceptors (Lipinski definition) is 4. The molecule has 2 atom stereocenters. The number of nitrogens with zero attached hydrogens (tertiary/aromatic N) is 2. The third-order valence-electron chi connectivity index (χ3n) is 3.47. The van der Waals surface area contributed by atoms with Gasteiger partial charge in [-0.25, -0.2) is 9.97 Å². The van der Waals surface area contributed by atoms with Crippen molar-refractivity contribution >= 4 is 18.3 Å². The van der Waals surface area contributed by atoms with Gasteiger partial charge in [-0.1, -0.05) is 6.42 Å². The van der Waals surface area contributed by atoms with Crippen molar-refractivity contribution in [1.29, 1.82) is 0 Å². The third kappa shape index (κ3) is 4.76. The van der Waals surface area contributed by atoms with E-state index in [1.807, 2.05) is 13.0 Å². The van der Waals surface area contributed by atoms with Gasteiger partial charge in [0.1, 0.15) is 5.82 Å². The van der Waals surface area contributed by atoms with Gasteiger partial charge in [0.05, 0.1) is 12.2 Å². The molecular weight excluding hydrogens is 264 g/mol. The van der Waals surface area contributed by atoms with Crippen molar-refractivity contribution in [3.63, 3.8) is 0 Å². The molecule has 1 heterocycles. The van der Waals surface area contributed by atoms with Crippen molar-refractivity contribution in [1.82, 2.24) is 15.3 Å². The zero-order chi connectivity index (χ0) is 13.0. The van der Waals surface area contributed by atoms with Crippen molar-refractivity contribution in [2.24, 2.45) is 11.7 Å². The van der Waals surface area contributed by atoms with Gasteiger partial charge in [0, 0.05) is 18.7 Å². The Labute approximate surface area is 119 Å². The summed E-state index contributed by atoms with van der Waals surface area (Å²) in [7, 11) is 0. The minimum absolute atomic E-state index is 0. The fourth-order valence-corrected chi connectivity index (χ4v) is 2.42. The van der Waals surface area contributed by atoms with E-state index in [0.29, 0.717) is 18.9 Å². The highest BCUT2D eigenvalue weighted by Crippen LogP contribution is 2.26. The second-order valence-electron chi connectivity index (χ2n) is 4.93. The van der Waals surface area contributed by atoms with E-state index < -0.39 is 0 Å². The molecule has 1 aromatic rings. The Morgan fingerprint density at radius 1 is 1.53 bits per heavy atom. The van der Waals surface area contributed by atoms with Crippen LogP contribution in [0.5, 0.6) is 0 Å². The Bertz CT molecular complexity index is 427. The predicted molar refractivity (Wildman–Crippen MR) is 75.8 cm³/mol. The molecule has 1 aromatic heterocycles. The molecular formula is C13H21ClN4O. The number of carbonyl (C=O) groups excluding carboxylic acids is 1. The van der Waals surface area contributed by atoms with Crippen molar-refractivity contribution in [2.45, 2.75) is 45.2 Å². The predicted octanol–water partition coefficient (Wildman–Crippen LogP) is 1.34. The average Bonchev–Trinajstić information content (AvgIpc) is 2.73. The van der Waals surface area contributed by atoms with E-state index >= 15 is 0 Å². The minimum Gasteiger partial charge on any atom is -0.350 e. The zero-order valence-electron chi connectivity index (χ0n) is 11.1. The van der Waals surface area contributed by atoms with Gasteiger partial charge in [0.25, 0.3) is 0 Å². The summed E-state index contributed by atoms with van der Waals surface area (Å²) in [5, 5.41) is 2.89. The monoisotopic (exact) mass is 284 g/mol. The van der Waals surface area contributed by atoms with Crippen LogP contribution in [0.15, 0.2) is 12.3 Å². The summed E-state index contributed by atoms with van der Waals surface area (Å²) in [6.07, 6.45) is 5.50. The highest BCUT2D eigenvalue weighted by Gasteiger charge is 2.25. The summed E-state index contributed by atoms with van der Waals surface area (Å²) in [6, 6.07) is 2.01. The van der Waals surface area contributed by atoms with E-state index in [-0.39, 0.29) is 24.4 Å². The molecule has 3 N–H and O–H groups in total. The number of amides is 1. The number of aryl methyl sites for hydroxylation is 1. The van der Waals surface area contributed by atoms with Crippen LogP contribution in [0.4, 0.5) is 0 Å². The first-order valence-electron chi connectivity index (χ1n) is 6.46. The normalized spacial score (nSPS) is 21.8. The molecule has 2 rings (SSSR count). The van der Waals surface area contributed by atoms with Gasteiger partial charge in [-0.15, -0.1) is 12.4 Å². The van der Waals surface area contributed by atoms with Crippen molar-refractivity contribution < 1.29 is 4.79 Å². The lowest BCUT2D eigenvalue weighted by molar-refractivity contribution is -0.122. The molecule has 0 aliphatic heterocycles. The van der Waals surface area contributed by atoms with E-state index in [0.717, 1.165) is 30.8 Å². The fraction of sp³-hybridized carbons (Fsp3) is 0.615. The van der Waals surface area contributed by atoms with Crippen LogP contribution in [0, 0.1) is 12.8 Å². The van der Waals surface area contributed by atoms with Crippen LogP contribution in [-0.4, -0.2) is 21.9 Å². The van der Waals surface area contributed by atoms with E-state index in [4.69, 9.17) is 5.73 Å². The molecule has 5 nitrogen and oxygen atoms in total. The number of nitrogens with one attached hydrogen (secondary N) is 1. The zero-order valence-corrected chi connectivity index (χ0v) is 11.9. The lowest BCUT2D eigenvalue weighted by Gasteiger charge is -2.14. The molecule has 1 aliphatic carbocycles. The molecule has 0 spiro atoms. The van der Waals surface area contributed by atoms with Crippen molar-refractivity contribution in [3.8, 4) is 0 Å². The summed E-state index contributed by atoms with van der Waals surface area (Å²) in [5.74, 6) is 1.13. The highest BCUT2D eigenvalue weighted by atomic mass is 35.5. The van der Waals surface area contributed by atoms with Gasteiger partial charge in [0.15, 0.2) is 0 Å². The lowest BCUT2D eigenvalue weighted by Crippen LogP contribution is -2.31. The molecule has 19 heavy (non-hydrogen) atoms. The quantitative estimate of drug-likeness (QED) is 0.874. The smallest absolute Gasteiger partial charge is 0.220 e. The molecule has 0 aromatic carbocycles. The summed E-state index contributed by atoms with van der Waals surface area (Å²) in [4.78, 5) is 20.1. The largest absolute Gasteiger partial charge is 0.350 e. The van der Waals surface area contributed by atoms with Crippen LogP contribution < -0.4 is 11.1 Å².